The molecular formula is C4H7NO4. The summed E-state index contributed by atoms with van der Waals surface area (Å²) in [6, 6.07) is 0. The number of rotatable bonds is 2. The minimum absolute atomic E-state index is 0.0271. The number of aliphatic hydroxyl groups is 2. The molecule has 5 nitrogen and oxygen atoms in total. The number of β-amino-alcohol motifs (C(OH)–C–C–N with tert-alkyl or cyclic N) is 2. The second kappa shape index (κ2) is 1.66. The highest BCUT2D eigenvalue weighted by atomic mass is 16.6. The molecule has 1 aliphatic heterocycles. The molecule has 1 rings (SSSR count). The van der Waals surface area contributed by atoms with Gasteiger partial charge >= 0.3 is 5.97 Å². The van der Waals surface area contributed by atoms with Crippen LogP contribution >= 0.6 is 0 Å². The summed E-state index contributed by atoms with van der Waals surface area (Å²) in [4.78, 5) is 10.9. The molecule has 0 aromatic rings. The van der Waals surface area contributed by atoms with Crippen LogP contribution in [0.4, 0.5) is 0 Å². The second-order valence-corrected chi connectivity index (χ2v) is 2.02. The molecule has 1 fully saturated rings. The van der Waals surface area contributed by atoms with Crippen LogP contribution in [0.5, 0.6) is 0 Å². The molecule has 0 spiro atoms. The minimum Gasteiger partial charge on any atom is -0.480 e. The topological polar surface area (TPSA) is 80.8 Å². The summed E-state index contributed by atoms with van der Waals surface area (Å²) < 4.78 is 0. The van der Waals surface area contributed by atoms with E-state index >= 15 is 0 Å². The van der Waals surface area contributed by atoms with Gasteiger partial charge in [-0.2, -0.15) is 0 Å². The average Bonchev–Trinajstić information content (AvgIpc) is 2.10. The number of hydrogen-bond acceptors (Lipinski definition) is 4. The number of aliphatic carboxylic acids is 1. The SMILES string of the molecule is O=C(O)CN1CC1(O)O. The summed E-state index contributed by atoms with van der Waals surface area (Å²) in [7, 11) is 0. The van der Waals surface area contributed by atoms with Crippen LogP contribution in [0.15, 0.2) is 0 Å². The Kier molecular flexibility index (Phi) is 1.20. The Morgan fingerprint density at radius 3 is 2.22 bits per heavy atom. The fraction of sp³-hybridized carbons (Fsp3) is 0.750. The van der Waals surface area contributed by atoms with Crippen molar-refractivity contribution in [1.82, 2.24) is 4.90 Å². The van der Waals surface area contributed by atoms with E-state index in [2.05, 4.69) is 0 Å². The summed E-state index contributed by atoms with van der Waals surface area (Å²) in [6.45, 7) is -0.285. The van der Waals surface area contributed by atoms with Crippen LogP contribution in [0.2, 0.25) is 0 Å². The lowest BCUT2D eigenvalue weighted by atomic mass is 10.7. The molecule has 0 amide bonds. The molecule has 0 bridgehead atoms. The van der Waals surface area contributed by atoms with E-state index in [0.29, 0.717) is 0 Å². The smallest absolute Gasteiger partial charge is 0.317 e. The van der Waals surface area contributed by atoms with Crippen LogP contribution in [0.25, 0.3) is 0 Å². The highest BCUT2D eigenvalue weighted by Crippen LogP contribution is 2.23. The van der Waals surface area contributed by atoms with Gasteiger partial charge in [0, 0.05) is 0 Å². The Labute approximate surface area is 51.1 Å². The van der Waals surface area contributed by atoms with Crippen molar-refractivity contribution in [3.63, 3.8) is 0 Å². The number of carboxylic acid groups (broad SMARTS) is 1. The maximum atomic E-state index is 9.87. The molecular weight excluding hydrogens is 126 g/mol. The lowest BCUT2D eigenvalue weighted by molar-refractivity contribution is -0.145. The lowest BCUT2D eigenvalue weighted by Crippen LogP contribution is -2.21. The molecule has 0 aliphatic carbocycles. The van der Waals surface area contributed by atoms with Crippen LogP contribution in [-0.4, -0.2) is 45.2 Å². The van der Waals surface area contributed by atoms with E-state index in [9.17, 15) is 4.79 Å². The van der Waals surface area contributed by atoms with Crippen molar-refractivity contribution in [1.29, 1.82) is 0 Å². The van der Waals surface area contributed by atoms with Crippen molar-refractivity contribution in [2.45, 2.75) is 5.91 Å². The van der Waals surface area contributed by atoms with Gasteiger partial charge in [0.2, 0.25) is 5.91 Å². The average molecular weight is 133 g/mol. The largest absolute Gasteiger partial charge is 0.480 e. The molecule has 0 aromatic heterocycles. The Morgan fingerprint density at radius 2 is 2.11 bits per heavy atom. The van der Waals surface area contributed by atoms with Crippen molar-refractivity contribution in [2.75, 3.05) is 13.1 Å². The van der Waals surface area contributed by atoms with Gasteiger partial charge in [-0.3, -0.25) is 4.79 Å². The highest BCUT2D eigenvalue weighted by Gasteiger charge is 2.50. The van der Waals surface area contributed by atoms with Crippen LogP contribution < -0.4 is 0 Å². The fourth-order valence-corrected chi connectivity index (χ4v) is 0.566. The van der Waals surface area contributed by atoms with Gasteiger partial charge in [-0.05, 0) is 0 Å². The van der Waals surface area contributed by atoms with Gasteiger partial charge in [-0.15, -0.1) is 0 Å². The predicted molar refractivity (Wildman–Crippen MR) is 26.4 cm³/mol. The summed E-state index contributed by atoms with van der Waals surface area (Å²) in [5.74, 6) is -2.90. The first-order chi connectivity index (χ1) is 4.02. The zero-order chi connectivity index (χ0) is 7.07. The first kappa shape index (κ1) is 6.47. The third kappa shape index (κ3) is 1.38. The molecule has 1 heterocycles. The van der Waals surface area contributed by atoms with Crippen molar-refractivity contribution in [3.05, 3.63) is 0 Å². The van der Waals surface area contributed by atoms with Crippen LogP contribution in [0.3, 0.4) is 0 Å². The zero-order valence-electron chi connectivity index (χ0n) is 4.61. The van der Waals surface area contributed by atoms with Crippen molar-refractivity contribution >= 4 is 5.97 Å². The predicted octanol–water partition coefficient (Wildman–Crippen LogP) is -1.98. The minimum atomic E-state index is -1.85. The van der Waals surface area contributed by atoms with E-state index in [1.54, 1.807) is 0 Å². The van der Waals surface area contributed by atoms with E-state index in [4.69, 9.17) is 15.3 Å². The number of carbonyl (C=O) groups is 1. The summed E-state index contributed by atoms with van der Waals surface area (Å²) >= 11 is 0. The molecule has 0 saturated carbocycles. The molecule has 1 aliphatic rings. The standard InChI is InChI=1S/C4H7NO4/c6-3(7)1-5-2-4(5,8)9/h8-9H,1-2H2,(H,6,7). The first-order valence-electron chi connectivity index (χ1n) is 2.44. The Hall–Kier alpha value is -0.650. The number of nitrogens with zero attached hydrogens (tertiary/aromatic N) is 1. The van der Waals surface area contributed by atoms with Gasteiger partial charge in [0.15, 0.2) is 0 Å². The zero-order valence-corrected chi connectivity index (χ0v) is 4.61. The van der Waals surface area contributed by atoms with E-state index in [1.165, 1.54) is 0 Å². The Bertz CT molecular complexity index is 144. The van der Waals surface area contributed by atoms with Gasteiger partial charge in [-0.1, -0.05) is 0 Å². The maximum absolute atomic E-state index is 9.87. The van der Waals surface area contributed by atoms with Crippen molar-refractivity contribution < 1.29 is 20.1 Å². The second-order valence-electron chi connectivity index (χ2n) is 2.02. The molecule has 0 radical (unpaired) electrons. The summed E-state index contributed by atoms with van der Waals surface area (Å²) in [5.41, 5.74) is 0. The van der Waals surface area contributed by atoms with Crippen molar-refractivity contribution in [2.24, 2.45) is 0 Å². The van der Waals surface area contributed by atoms with E-state index in [1.807, 2.05) is 0 Å². The molecule has 1 atom stereocenters. The lowest BCUT2D eigenvalue weighted by Gasteiger charge is -1.98. The molecule has 5 heteroatoms. The summed E-state index contributed by atoms with van der Waals surface area (Å²) in [6.07, 6.45) is 0. The van der Waals surface area contributed by atoms with Gasteiger partial charge in [0.05, 0.1) is 6.54 Å². The molecule has 3 N–H and O–H groups in total. The number of carboxylic acids is 1. The third-order valence-corrected chi connectivity index (χ3v) is 1.13. The van der Waals surface area contributed by atoms with E-state index < -0.39 is 11.9 Å². The maximum Gasteiger partial charge on any atom is 0.317 e. The molecule has 1 saturated heterocycles. The van der Waals surface area contributed by atoms with Crippen LogP contribution in [-0.2, 0) is 4.79 Å². The van der Waals surface area contributed by atoms with Gasteiger partial charge in [-0.25, -0.2) is 4.90 Å². The molecule has 0 aromatic carbocycles. The normalized spacial score (nSPS) is 29.8. The van der Waals surface area contributed by atoms with E-state index in [-0.39, 0.29) is 13.1 Å². The van der Waals surface area contributed by atoms with Gasteiger partial charge < -0.3 is 15.3 Å². The number of hydrogen-bond donors (Lipinski definition) is 3. The molecule has 52 valence electrons. The van der Waals surface area contributed by atoms with Crippen LogP contribution in [0, 0.1) is 0 Å². The van der Waals surface area contributed by atoms with E-state index in [0.717, 1.165) is 4.90 Å². The van der Waals surface area contributed by atoms with Crippen molar-refractivity contribution in [3.8, 4) is 0 Å². The quantitative estimate of drug-likeness (QED) is 0.300. The Morgan fingerprint density at radius 1 is 1.67 bits per heavy atom. The van der Waals surface area contributed by atoms with Gasteiger partial charge in [0.25, 0.3) is 0 Å². The summed E-state index contributed by atoms with van der Waals surface area (Å²) in [5, 5.41) is 25.2. The fourth-order valence-electron chi connectivity index (χ4n) is 0.566. The van der Waals surface area contributed by atoms with Gasteiger partial charge in [0.1, 0.15) is 6.54 Å². The molecule has 9 heavy (non-hydrogen) atoms. The van der Waals surface area contributed by atoms with Crippen LogP contribution in [0.1, 0.15) is 0 Å². The Balaban J connectivity index is 2.28. The third-order valence-electron chi connectivity index (χ3n) is 1.13. The molecule has 1 unspecified atom stereocenters. The first-order valence-corrected chi connectivity index (χ1v) is 2.44. The monoisotopic (exact) mass is 133 g/mol. The highest BCUT2D eigenvalue weighted by molar-refractivity contribution is 5.69.